The third-order valence-corrected chi connectivity index (χ3v) is 13.0. The minimum atomic E-state index is -0.769. The van der Waals surface area contributed by atoms with Gasteiger partial charge in [-0.25, -0.2) is 0 Å². The molecule has 0 bridgehead atoms. The lowest BCUT2D eigenvalue weighted by molar-refractivity contribution is -0.167. The molecule has 0 saturated carbocycles. The van der Waals surface area contributed by atoms with Crippen molar-refractivity contribution in [2.24, 2.45) is 0 Å². The molecule has 382 valence electrons. The fourth-order valence-corrected chi connectivity index (χ4v) is 8.59. The van der Waals surface area contributed by atoms with Crippen molar-refractivity contribution < 1.29 is 28.6 Å². The van der Waals surface area contributed by atoms with Gasteiger partial charge in [-0.05, 0) is 51.4 Å². The monoisotopic (exact) mass is 915 g/mol. The van der Waals surface area contributed by atoms with Crippen molar-refractivity contribution >= 4 is 17.9 Å². The molecule has 0 rings (SSSR count). The molecule has 0 aliphatic rings. The fourth-order valence-electron chi connectivity index (χ4n) is 8.59. The molecule has 1 unspecified atom stereocenters. The van der Waals surface area contributed by atoms with Crippen LogP contribution in [0.3, 0.4) is 0 Å². The van der Waals surface area contributed by atoms with Crippen LogP contribution in [-0.4, -0.2) is 37.2 Å². The minimum absolute atomic E-state index is 0.0694. The van der Waals surface area contributed by atoms with Crippen LogP contribution in [0.4, 0.5) is 0 Å². The summed E-state index contributed by atoms with van der Waals surface area (Å²) in [5.74, 6) is -0.860. The first-order valence-corrected chi connectivity index (χ1v) is 28.8. The van der Waals surface area contributed by atoms with Gasteiger partial charge in [-0.3, -0.25) is 14.4 Å². The van der Waals surface area contributed by atoms with Gasteiger partial charge in [0.1, 0.15) is 13.2 Å². The molecule has 6 nitrogen and oxygen atoms in total. The zero-order valence-electron chi connectivity index (χ0n) is 43.8. The summed E-state index contributed by atoms with van der Waals surface area (Å²) in [6.45, 7) is 6.64. The van der Waals surface area contributed by atoms with Gasteiger partial charge in [0.05, 0.1) is 0 Å². The Labute approximate surface area is 404 Å². The van der Waals surface area contributed by atoms with Gasteiger partial charge in [-0.15, -0.1) is 0 Å². The second-order valence-electron chi connectivity index (χ2n) is 19.6. The second kappa shape index (κ2) is 54.5. The summed E-state index contributed by atoms with van der Waals surface area (Å²) in [5.41, 5.74) is 0. The standard InChI is InChI=1S/C59H110O6/c1-4-7-10-13-16-19-21-23-25-27-29-30-32-33-35-37-40-43-46-49-52-58(61)64-55-56(54-63-57(60)51-48-45-42-39-18-15-12-9-6-3)65-59(62)53-50-47-44-41-38-36-34-31-28-26-24-22-20-17-14-11-8-5-2/h20,22,26,28,56H,4-19,21,23-25,27,29-55H2,1-3H3/b22-20-,28-26-. The van der Waals surface area contributed by atoms with E-state index < -0.39 is 6.10 Å². The molecule has 1 atom stereocenters. The maximum atomic E-state index is 12.8. The molecule has 0 spiro atoms. The molecule has 6 heteroatoms. The lowest BCUT2D eigenvalue weighted by atomic mass is 10.0. The summed E-state index contributed by atoms with van der Waals surface area (Å²) in [7, 11) is 0. The van der Waals surface area contributed by atoms with Gasteiger partial charge in [0.15, 0.2) is 6.10 Å². The molecule has 0 heterocycles. The molecule has 0 aromatic rings. The summed E-state index contributed by atoms with van der Waals surface area (Å²) in [5, 5.41) is 0. The maximum absolute atomic E-state index is 12.8. The second-order valence-corrected chi connectivity index (χ2v) is 19.6. The molecule has 0 aromatic heterocycles. The van der Waals surface area contributed by atoms with Crippen molar-refractivity contribution in [1.82, 2.24) is 0 Å². The molecular weight excluding hydrogens is 805 g/mol. The molecular formula is C59H110O6. The van der Waals surface area contributed by atoms with Crippen LogP contribution in [0.5, 0.6) is 0 Å². The van der Waals surface area contributed by atoms with Crippen molar-refractivity contribution in [1.29, 1.82) is 0 Å². The average molecular weight is 916 g/mol. The third-order valence-electron chi connectivity index (χ3n) is 13.0. The van der Waals surface area contributed by atoms with Gasteiger partial charge < -0.3 is 14.2 Å². The third kappa shape index (κ3) is 52.7. The molecule has 0 amide bonds. The van der Waals surface area contributed by atoms with Gasteiger partial charge in [-0.1, -0.05) is 270 Å². The number of esters is 3. The van der Waals surface area contributed by atoms with E-state index in [1.165, 1.54) is 205 Å². The molecule has 0 saturated heterocycles. The van der Waals surface area contributed by atoms with E-state index >= 15 is 0 Å². The first-order valence-electron chi connectivity index (χ1n) is 28.8. The number of hydrogen-bond donors (Lipinski definition) is 0. The van der Waals surface area contributed by atoms with E-state index in [9.17, 15) is 14.4 Å². The number of carbonyl (C=O) groups excluding carboxylic acids is 3. The van der Waals surface area contributed by atoms with Crippen molar-refractivity contribution in [3.63, 3.8) is 0 Å². The Kier molecular flexibility index (Phi) is 52.7. The van der Waals surface area contributed by atoms with Crippen LogP contribution in [0.1, 0.15) is 316 Å². The van der Waals surface area contributed by atoms with E-state index in [-0.39, 0.29) is 31.1 Å². The van der Waals surface area contributed by atoms with Crippen molar-refractivity contribution in [3.8, 4) is 0 Å². The fraction of sp³-hybridized carbons (Fsp3) is 0.881. The quantitative estimate of drug-likeness (QED) is 0.0262. The highest BCUT2D eigenvalue weighted by atomic mass is 16.6. The highest BCUT2D eigenvalue weighted by Gasteiger charge is 2.19. The van der Waals surface area contributed by atoms with Crippen molar-refractivity contribution in [2.75, 3.05) is 13.2 Å². The number of rotatable bonds is 53. The predicted octanol–water partition coefficient (Wildman–Crippen LogP) is 19.1. The number of ether oxygens (including phenoxy) is 3. The van der Waals surface area contributed by atoms with Crippen LogP contribution >= 0.6 is 0 Å². The predicted molar refractivity (Wildman–Crippen MR) is 279 cm³/mol. The van der Waals surface area contributed by atoms with Gasteiger partial charge in [0, 0.05) is 19.3 Å². The van der Waals surface area contributed by atoms with E-state index in [1.807, 2.05) is 0 Å². The first kappa shape index (κ1) is 62.9. The SMILES string of the molecule is CCCCCC/C=C\C/C=C\CCCCCCCCCC(=O)OC(COC(=O)CCCCCCCCCCC)COC(=O)CCCCCCCCCCCCCCCCCCCCCC. The van der Waals surface area contributed by atoms with E-state index in [4.69, 9.17) is 14.2 Å². The van der Waals surface area contributed by atoms with E-state index in [0.29, 0.717) is 19.3 Å². The summed E-state index contributed by atoms with van der Waals surface area (Å²) < 4.78 is 16.8. The zero-order valence-corrected chi connectivity index (χ0v) is 43.8. The number of allylic oxidation sites excluding steroid dienone is 4. The summed E-state index contributed by atoms with van der Waals surface area (Å²) >= 11 is 0. The van der Waals surface area contributed by atoms with Gasteiger partial charge in [0.2, 0.25) is 0 Å². The normalized spacial score (nSPS) is 12.1. The van der Waals surface area contributed by atoms with Gasteiger partial charge in [-0.2, -0.15) is 0 Å². The van der Waals surface area contributed by atoms with Crippen LogP contribution in [0, 0.1) is 0 Å². The van der Waals surface area contributed by atoms with E-state index in [0.717, 1.165) is 70.6 Å². The van der Waals surface area contributed by atoms with Gasteiger partial charge >= 0.3 is 17.9 Å². The van der Waals surface area contributed by atoms with Gasteiger partial charge in [0.25, 0.3) is 0 Å². The number of unbranched alkanes of at least 4 members (excludes halogenated alkanes) is 38. The topological polar surface area (TPSA) is 78.9 Å². The molecule has 0 fully saturated rings. The smallest absolute Gasteiger partial charge is 0.306 e. The Morgan fingerprint density at radius 1 is 0.308 bits per heavy atom. The summed E-state index contributed by atoms with van der Waals surface area (Å²) in [6.07, 6.45) is 63.2. The number of carbonyl (C=O) groups is 3. The highest BCUT2D eigenvalue weighted by molar-refractivity contribution is 5.71. The first-order chi connectivity index (χ1) is 32.0. The number of hydrogen-bond acceptors (Lipinski definition) is 6. The molecule has 0 N–H and O–H groups in total. The zero-order chi connectivity index (χ0) is 47.2. The Balaban J connectivity index is 4.23. The Morgan fingerprint density at radius 3 is 0.862 bits per heavy atom. The van der Waals surface area contributed by atoms with Crippen molar-refractivity contribution in [2.45, 2.75) is 322 Å². The molecule has 0 aliphatic carbocycles. The lowest BCUT2D eigenvalue weighted by Crippen LogP contribution is -2.30. The average Bonchev–Trinajstić information content (AvgIpc) is 3.30. The van der Waals surface area contributed by atoms with Crippen LogP contribution in [0.25, 0.3) is 0 Å². The van der Waals surface area contributed by atoms with Crippen LogP contribution < -0.4 is 0 Å². The summed E-state index contributed by atoms with van der Waals surface area (Å²) in [6, 6.07) is 0. The Hall–Kier alpha value is -2.11. The molecule has 0 aromatic carbocycles. The molecule has 0 aliphatic heterocycles. The Bertz CT molecular complexity index is 1050. The largest absolute Gasteiger partial charge is 0.462 e. The van der Waals surface area contributed by atoms with E-state index in [2.05, 4.69) is 45.1 Å². The Morgan fingerprint density at radius 2 is 0.554 bits per heavy atom. The van der Waals surface area contributed by atoms with Crippen LogP contribution in [-0.2, 0) is 28.6 Å². The van der Waals surface area contributed by atoms with Crippen LogP contribution in [0.15, 0.2) is 24.3 Å². The summed E-state index contributed by atoms with van der Waals surface area (Å²) in [4.78, 5) is 38.0. The highest BCUT2D eigenvalue weighted by Crippen LogP contribution is 2.17. The van der Waals surface area contributed by atoms with Crippen LogP contribution in [0.2, 0.25) is 0 Å². The molecule has 65 heavy (non-hydrogen) atoms. The minimum Gasteiger partial charge on any atom is -0.462 e. The van der Waals surface area contributed by atoms with E-state index in [1.54, 1.807) is 0 Å². The maximum Gasteiger partial charge on any atom is 0.306 e. The lowest BCUT2D eigenvalue weighted by Gasteiger charge is -2.18. The molecule has 0 radical (unpaired) electrons. The van der Waals surface area contributed by atoms with Crippen molar-refractivity contribution in [3.05, 3.63) is 24.3 Å².